The number of phenols is 2. The number of allylic oxidation sites excluding steroid dienone is 2. The summed E-state index contributed by atoms with van der Waals surface area (Å²) < 4.78 is 0. The maximum Gasteiger partial charge on any atom is 0.326 e. The number of rotatable bonds is 10. The van der Waals surface area contributed by atoms with Crippen molar-refractivity contribution in [1.29, 1.82) is 0 Å². The van der Waals surface area contributed by atoms with Crippen molar-refractivity contribution in [3.05, 3.63) is 82.9 Å². The molecule has 2 rings (SSSR count). The van der Waals surface area contributed by atoms with Gasteiger partial charge >= 0.3 is 5.97 Å². The van der Waals surface area contributed by atoms with Crippen molar-refractivity contribution in [2.45, 2.75) is 73.5 Å². The third kappa shape index (κ3) is 16.7. The topological polar surface area (TPSA) is 173 Å². The Bertz CT molecular complexity index is 1060. The number of carbonyl (C=O) groups is 2. The van der Waals surface area contributed by atoms with Crippen molar-refractivity contribution >= 4 is 23.3 Å². The quantitative estimate of drug-likeness (QED) is 0.119. The number of hydrogen-bond donors (Lipinski definition) is 5. The number of carboxylic acids is 1. The fraction of sp³-hybridized carbons (Fsp3) is 0.419. The maximum atomic E-state index is 12.3. The molecule has 0 heterocycles. The largest absolute Gasteiger partial charge is 0.507 e. The number of amides is 1. The van der Waals surface area contributed by atoms with Gasteiger partial charge in [0, 0.05) is 25.3 Å². The van der Waals surface area contributed by atoms with Gasteiger partial charge in [0.15, 0.2) is 0 Å². The molecule has 1 amide bonds. The average Bonchev–Trinajstić information content (AvgIpc) is 2.96. The Labute approximate surface area is 250 Å². The third-order valence-electron chi connectivity index (χ3n) is 5.01. The molecule has 0 fully saturated rings. The van der Waals surface area contributed by atoms with Crippen LogP contribution in [0.5, 0.6) is 11.5 Å². The smallest absolute Gasteiger partial charge is 0.326 e. The van der Waals surface area contributed by atoms with Gasteiger partial charge in [-0.1, -0.05) is 52.3 Å². The van der Waals surface area contributed by atoms with Gasteiger partial charge in [-0.3, -0.25) is 14.9 Å². The minimum absolute atomic E-state index is 0.0810. The predicted molar refractivity (Wildman–Crippen MR) is 169 cm³/mol. The molecule has 2 aromatic carbocycles. The number of anilines is 1. The van der Waals surface area contributed by atoms with E-state index in [9.17, 15) is 19.7 Å². The minimum Gasteiger partial charge on any atom is -0.507 e. The molecule has 0 saturated carbocycles. The number of carbonyl (C=O) groups excluding carboxylic acids is 1. The van der Waals surface area contributed by atoms with Crippen LogP contribution in [-0.4, -0.2) is 56.9 Å². The monoisotopic (exact) mass is 591 g/mol. The van der Waals surface area contributed by atoms with E-state index in [0.29, 0.717) is 5.69 Å². The first-order valence-corrected chi connectivity index (χ1v) is 13.7. The Balaban J connectivity index is -0.000000692. The second-order valence-electron chi connectivity index (χ2n) is 8.26. The molecule has 0 aliphatic rings. The normalized spacial score (nSPS) is 9.71. The number of aliphatic hydroxyl groups is 1. The number of aliphatic carboxylic acids is 1. The number of benzene rings is 2. The first-order chi connectivity index (χ1) is 19.9. The molecule has 42 heavy (non-hydrogen) atoms. The maximum absolute atomic E-state index is 12.3. The van der Waals surface area contributed by atoms with Gasteiger partial charge in [-0.05, 0) is 51.0 Å². The molecule has 0 saturated heterocycles. The summed E-state index contributed by atoms with van der Waals surface area (Å²) in [5.74, 6) is -2.10. The van der Waals surface area contributed by atoms with Crippen LogP contribution >= 0.6 is 0 Å². The highest BCUT2D eigenvalue weighted by molar-refractivity contribution is 6.00. The van der Waals surface area contributed by atoms with Crippen LogP contribution in [0.25, 0.3) is 0 Å². The van der Waals surface area contributed by atoms with Crippen molar-refractivity contribution < 1.29 is 34.9 Å². The summed E-state index contributed by atoms with van der Waals surface area (Å²) in [7, 11) is 1.84. The van der Waals surface area contributed by atoms with E-state index in [4.69, 9.17) is 20.4 Å². The number of carboxylic acid groups (broad SMARTS) is 1. The molecule has 0 aliphatic carbocycles. The molecule has 1 atom stereocenters. The fourth-order valence-electron chi connectivity index (χ4n) is 2.93. The zero-order valence-electron chi connectivity index (χ0n) is 26.0. The van der Waals surface area contributed by atoms with Crippen molar-refractivity contribution in [1.82, 2.24) is 5.32 Å². The lowest BCUT2D eigenvalue weighted by Gasteiger charge is -2.20. The van der Waals surface area contributed by atoms with Crippen molar-refractivity contribution in [2.24, 2.45) is 0 Å². The van der Waals surface area contributed by atoms with Crippen molar-refractivity contribution in [2.75, 3.05) is 18.5 Å². The summed E-state index contributed by atoms with van der Waals surface area (Å²) >= 11 is 0. The standard InChI is InChI=1S/C16H23N3O5.C7H8O3.2C3H6.C2H6/c1-4-6-9-18(3)11-7-8-14(19(23)24)12(10-11)15(20)17-13(5-2)16(21)22;8-4-5-6(9)2-1-3-7(5)10;2*1-3-2;1-2/h7-8,10,13H,4-6,9H2,1-3H3,(H,17,20)(H,21,22);1-3,8-10H,4H2;2*3H,1H2,2H3;1-2H3. The van der Waals surface area contributed by atoms with E-state index in [1.54, 1.807) is 25.1 Å². The molecule has 11 nitrogen and oxygen atoms in total. The minimum atomic E-state index is -1.18. The number of aromatic hydroxyl groups is 2. The Morgan fingerprint density at radius 1 is 1.07 bits per heavy atom. The zero-order valence-corrected chi connectivity index (χ0v) is 26.0. The van der Waals surface area contributed by atoms with Gasteiger partial charge in [0.2, 0.25) is 0 Å². The summed E-state index contributed by atoms with van der Waals surface area (Å²) in [6, 6.07) is 7.52. The van der Waals surface area contributed by atoms with E-state index in [-0.39, 0.29) is 41.3 Å². The molecule has 1 unspecified atom stereocenters. The lowest BCUT2D eigenvalue weighted by atomic mass is 10.1. The first-order valence-electron chi connectivity index (χ1n) is 13.7. The molecule has 5 N–H and O–H groups in total. The Morgan fingerprint density at radius 2 is 1.57 bits per heavy atom. The van der Waals surface area contributed by atoms with E-state index in [1.165, 1.54) is 30.3 Å². The number of nitro benzene ring substituents is 1. The van der Waals surface area contributed by atoms with Gasteiger partial charge in [-0.2, -0.15) is 0 Å². The zero-order chi connectivity index (χ0) is 33.3. The number of aliphatic hydroxyl groups excluding tert-OH is 1. The predicted octanol–water partition coefficient (Wildman–Crippen LogP) is 6.43. The third-order valence-corrected chi connectivity index (χ3v) is 5.01. The molecule has 0 spiro atoms. The number of unbranched alkanes of at least 4 members (excludes halogenated alkanes) is 1. The summed E-state index contributed by atoms with van der Waals surface area (Å²) in [5.41, 5.74) is 0.353. The van der Waals surface area contributed by atoms with Crippen molar-refractivity contribution in [3.63, 3.8) is 0 Å². The molecular formula is C31H49N3O8. The fourth-order valence-corrected chi connectivity index (χ4v) is 2.93. The number of nitrogens with zero attached hydrogens (tertiary/aromatic N) is 2. The van der Waals surface area contributed by atoms with Gasteiger partial charge in [0.05, 0.1) is 17.1 Å². The van der Waals surface area contributed by atoms with Crippen LogP contribution in [0.4, 0.5) is 11.4 Å². The van der Waals surface area contributed by atoms with Gasteiger partial charge in [-0.15, -0.1) is 13.2 Å². The van der Waals surface area contributed by atoms with Crippen LogP contribution in [0.15, 0.2) is 61.7 Å². The lowest BCUT2D eigenvalue weighted by Crippen LogP contribution is -2.40. The molecular weight excluding hydrogens is 542 g/mol. The van der Waals surface area contributed by atoms with E-state index >= 15 is 0 Å². The Hall–Kier alpha value is -4.38. The highest BCUT2D eigenvalue weighted by Gasteiger charge is 2.25. The van der Waals surface area contributed by atoms with Crippen LogP contribution in [0.1, 0.15) is 76.7 Å². The Kier molecular flexibility index (Phi) is 25.6. The summed E-state index contributed by atoms with van der Waals surface area (Å²) in [5, 5.41) is 49.0. The summed E-state index contributed by atoms with van der Waals surface area (Å²) in [4.78, 5) is 35.8. The molecule has 2 aromatic rings. The Morgan fingerprint density at radius 3 is 1.93 bits per heavy atom. The SMILES string of the molecule is C=CC.C=CC.CC.CCCCN(C)c1ccc([N+](=O)[O-])c(C(=O)NC(CC)C(=O)O)c1.OCc1c(O)cccc1O. The van der Waals surface area contributed by atoms with Gasteiger partial charge in [0.25, 0.3) is 11.6 Å². The van der Waals surface area contributed by atoms with E-state index in [0.717, 1.165) is 19.4 Å². The lowest BCUT2D eigenvalue weighted by molar-refractivity contribution is -0.385. The van der Waals surface area contributed by atoms with Crippen LogP contribution in [0, 0.1) is 10.1 Å². The number of nitro groups is 1. The van der Waals surface area contributed by atoms with Crippen LogP contribution in [0.3, 0.4) is 0 Å². The van der Waals surface area contributed by atoms with Crippen LogP contribution < -0.4 is 10.2 Å². The van der Waals surface area contributed by atoms with Gasteiger partial charge < -0.3 is 30.6 Å². The summed E-state index contributed by atoms with van der Waals surface area (Å²) in [6.07, 6.45) is 5.64. The highest BCUT2D eigenvalue weighted by Crippen LogP contribution is 2.26. The highest BCUT2D eigenvalue weighted by atomic mass is 16.6. The molecule has 0 aromatic heterocycles. The van der Waals surface area contributed by atoms with E-state index < -0.39 is 22.8 Å². The molecule has 0 bridgehead atoms. The van der Waals surface area contributed by atoms with Crippen LogP contribution in [-0.2, 0) is 11.4 Å². The number of hydrogen-bond acceptors (Lipinski definition) is 8. The van der Waals surface area contributed by atoms with Crippen molar-refractivity contribution in [3.8, 4) is 11.5 Å². The first kappa shape index (κ1) is 42.1. The molecule has 0 aliphatic heterocycles. The second-order valence-corrected chi connectivity index (χ2v) is 8.26. The molecule has 0 radical (unpaired) electrons. The van der Waals surface area contributed by atoms with E-state index in [2.05, 4.69) is 25.4 Å². The number of nitrogens with one attached hydrogen (secondary N) is 1. The van der Waals surface area contributed by atoms with Gasteiger partial charge in [-0.25, -0.2) is 4.79 Å². The van der Waals surface area contributed by atoms with E-state index in [1.807, 2.05) is 39.6 Å². The second kappa shape index (κ2) is 25.6. The molecule has 11 heteroatoms. The van der Waals surface area contributed by atoms with Crippen LogP contribution in [0.2, 0.25) is 0 Å². The average molecular weight is 592 g/mol. The molecule has 236 valence electrons. The van der Waals surface area contributed by atoms with Gasteiger partial charge in [0.1, 0.15) is 23.1 Å². The summed E-state index contributed by atoms with van der Waals surface area (Å²) in [6.45, 7) is 18.6.